The van der Waals surface area contributed by atoms with Gasteiger partial charge < -0.3 is 10.1 Å². The molecule has 2 heteroatoms. The minimum absolute atomic E-state index is 0.421. The molecule has 2 aliphatic rings. The molecule has 0 saturated heterocycles. The Hall–Kier alpha value is -1.02. The number of rotatable bonds is 2. The van der Waals surface area contributed by atoms with Crippen LogP contribution in [0.15, 0.2) is 18.2 Å². The van der Waals surface area contributed by atoms with Gasteiger partial charge in [-0.2, -0.15) is 0 Å². The Morgan fingerprint density at radius 3 is 2.72 bits per heavy atom. The molecule has 0 unspecified atom stereocenters. The van der Waals surface area contributed by atoms with Crippen molar-refractivity contribution >= 4 is 0 Å². The molecule has 1 aromatic carbocycles. The first kappa shape index (κ1) is 12.0. The van der Waals surface area contributed by atoms with Crippen molar-refractivity contribution in [2.45, 2.75) is 58.7 Å². The molecule has 0 aromatic heterocycles. The van der Waals surface area contributed by atoms with Gasteiger partial charge >= 0.3 is 0 Å². The number of nitrogens with one attached hydrogen (secondary N) is 1. The summed E-state index contributed by atoms with van der Waals surface area (Å²) in [6, 6.07) is 6.45. The van der Waals surface area contributed by atoms with Gasteiger partial charge in [0, 0.05) is 18.7 Å². The Balaban J connectivity index is 1.69. The lowest BCUT2D eigenvalue weighted by atomic mass is 9.76. The fourth-order valence-electron chi connectivity index (χ4n) is 3.08. The summed E-state index contributed by atoms with van der Waals surface area (Å²) in [5.41, 5.74) is 3.30. The number of ether oxygens (including phenoxy) is 1. The molecular weight excluding hydrogens is 222 g/mol. The van der Waals surface area contributed by atoms with Gasteiger partial charge in [-0.1, -0.05) is 26.0 Å². The fraction of sp³-hybridized carbons (Fsp3) is 0.625. The summed E-state index contributed by atoms with van der Waals surface area (Å²) < 4.78 is 6.25. The topological polar surface area (TPSA) is 21.3 Å². The van der Waals surface area contributed by atoms with Gasteiger partial charge in [-0.15, -0.1) is 0 Å². The highest BCUT2D eigenvalue weighted by molar-refractivity contribution is 5.42. The van der Waals surface area contributed by atoms with E-state index in [1.807, 2.05) is 0 Å². The molecule has 18 heavy (non-hydrogen) atoms. The molecule has 1 heterocycles. The Labute approximate surface area is 110 Å². The zero-order chi connectivity index (χ0) is 12.6. The van der Waals surface area contributed by atoms with E-state index < -0.39 is 0 Å². The largest absolute Gasteiger partial charge is 0.490 e. The highest BCUT2D eigenvalue weighted by Crippen LogP contribution is 2.37. The number of benzene rings is 1. The molecule has 0 bridgehead atoms. The molecule has 0 radical (unpaired) electrons. The first-order chi connectivity index (χ1) is 8.64. The van der Waals surface area contributed by atoms with Gasteiger partial charge in [0.2, 0.25) is 0 Å². The Morgan fingerprint density at radius 2 is 1.94 bits per heavy atom. The highest BCUT2D eigenvalue weighted by atomic mass is 16.5. The molecule has 98 valence electrons. The molecule has 1 saturated carbocycles. The number of hydrogen-bond donors (Lipinski definition) is 1. The first-order valence-corrected chi connectivity index (χ1v) is 7.12. The van der Waals surface area contributed by atoms with Crippen molar-refractivity contribution in [2.75, 3.05) is 0 Å². The predicted octanol–water partition coefficient (Wildman–Crippen LogP) is 3.64. The van der Waals surface area contributed by atoms with Gasteiger partial charge in [-0.3, -0.25) is 0 Å². The van der Waals surface area contributed by atoms with Crippen LogP contribution in [0.4, 0.5) is 0 Å². The van der Waals surface area contributed by atoms with Crippen LogP contribution in [0, 0.1) is 5.41 Å². The van der Waals surface area contributed by atoms with Crippen molar-refractivity contribution in [2.24, 2.45) is 5.41 Å². The van der Waals surface area contributed by atoms with Crippen LogP contribution in [0.3, 0.4) is 0 Å². The van der Waals surface area contributed by atoms with Crippen molar-refractivity contribution in [3.05, 3.63) is 29.3 Å². The van der Waals surface area contributed by atoms with Gasteiger partial charge in [-0.05, 0) is 42.7 Å². The molecule has 2 nitrogen and oxygen atoms in total. The normalized spacial score (nSPS) is 22.8. The molecule has 1 fully saturated rings. The monoisotopic (exact) mass is 245 g/mol. The van der Waals surface area contributed by atoms with Crippen LogP contribution in [-0.2, 0) is 13.1 Å². The van der Waals surface area contributed by atoms with Gasteiger partial charge in [0.25, 0.3) is 0 Å². The van der Waals surface area contributed by atoms with E-state index in [2.05, 4.69) is 37.4 Å². The fourth-order valence-corrected chi connectivity index (χ4v) is 3.08. The maximum Gasteiger partial charge on any atom is 0.124 e. The van der Waals surface area contributed by atoms with Crippen molar-refractivity contribution in [3.63, 3.8) is 0 Å². The van der Waals surface area contributed by atoms with Crippen LogP contribution in [-0.4, -0.2) is 6.10 Å². The van der Waals surface area contributed by atoms with Crippen LogP contribution in [0.1, 0.15) is 50.7 Å². The maximum absolute atomic E-state index is 6.25. The summed E-state index contributed by atoms with van der Waals surface area (Å²) in [7, 11) is 0. The molecule has 3 rings (SSSR count). The van der Waals surface area contributed by atoms with E-state index in [0.29, 0.717) is 11.5 Å². The third-order valence-electron chi connectivity index (χ3n) is 4.43. The van der Waals surface area contributed by atoms with E-state index in [1.165, 1.54) is 36.8 Å². The predicted molar refractivity (Wildman–Crippen MR) is 73.7 cm³/mol. The standard InChI is InChI=1S/C16H23NO/c1-16(2)8-6-13(7-9-16)18-15-5-3-4-12-10-17-11-14(12)15/h3-5,13,17H,6-11H2,1-2H3. The van der Waals surface area contributed by atoms with Gasteiger partial charge in [0.15, 0.2) is 0 Å². The van der Waals surface area contributed by atoms with Crippen LogP contribution in [0.5, 0.6) is 5.75 Å². The lowest BCUT2D eigenvalue weighted by Crippen LogP contribution is -2.28. The Bertz CT molecular complexity index is 429. The third kappa shape index (κ3) is 2.39. The quantitative estimate of drug-likeness (QED) is 0.859. The second-order valence-corrected chi connectivity index (χ2v) is 6.48. The van der Waals surface area contributed by atoms with E-state index in [-0.39, 0.29) is 0 Å². The Kier molecular flexibility index (Phi) is 3.06. The van der Waals surface area contributed by atoms with Crippen molar-refractivity contribution in [1.29, 1.82) is 0 Å². The van der Waals surface area contributed by atoms with Crippen molar-refractivity contribution in [3.8, 4) is 5.75 Å². The van der Waals surface area contributed by atoms with E-state index in [9.17, 15) is 0 Å². The Morgan fingerprint density at radius 1 is 1.17 bits per heavy atom. The van der Waals surface area contributed by atoms with Gasteiger partial charge in [-0.25, -0.2) is 0 Å². The molecule has 0 amide bonds. The average molecular weight is 245 g/mol. The zero-order valence-corrected chi connectivity index (χ0v) is 11.5. The van der Waals surface area contributed by atoms with E-state index in [1.54, 1.807) is 0 Å². The highest BCUT2D eigenvalue weighted by Gasteiger charge is 2.28. The smallest absolute Gasteiger partial charge is 0.124 e. The van der Waals surface area contributed by atoms with Gasteiger partial charge in [0.05, 0.1) is 6.10 Å². The van der Waals surface area contributed by atoms with Crippen LogP contribution in [0.25, 0.3) is 0 Å². The second kappa shape index (κ2) is 4.58. The maximum atomic E-state index is 6.25. The lowest BCUT2D eigenvalue weighted by Gasteiger charge is -2.34. The minimum atomic E-state index is 0.421. The number of hydrogen-bond acceptors (Lipinski definition) is 2. The summed E-state index contributed by atoms with van der Waals surface area (Å²) in [6.07, 6.45) is 5.38. The lowest BCUT2D eigenvalue weighted by molar-refractivity contribution is 0.0980. The average Bonchev–Trinajstić information content (AvgIpc) is 2.81. The summed E-state index contributed by atoms with van der Waals surface area (Å²) >= 11 is 0. The summed E-state index contributed by atoms with van der Waals surface area (Å²) in [5.74, 6) is 1.11. The van der Waals surface area contributed by atoms with Crippen LogP contribution in [0.2, 0.25) is 0 Å². The summed E-state index contributed by atoms with van der Waals surface area (Å²) in [5, 5.41) is 3.40. The van der Waals surface area contributed by atoms with Crippen molar-refractivity contribution < 1.29 is 4.74 Å². The molecule has 1 aromatic rings. The summed E-state index contributed by atoms with van der Waals surface area (Å²) in [4.78, 5) is 0. The van der Waals surface area contributed by atoms with Crippen LogP contribution >= 0.6 is 0 Å². The SMILES string of the molecule is CC1(C)CCC(Oc2cccc3c2CNC3)CC1. The molecule has 1 aliphatic heterocycles. The molecule has 0 spiro atoms. The minimum Gasteiger partial charge on any atom is -0.490 e. The first-order valence-electron chi connectivity index (χ1n) is 7.12. The molecule has 1 N–H and O–H groups in total. The van der Waals surface area contributed by atoms with E-state index in [0.717, 1.165) is 18.8 Å². The van der Waals surface area contributed by atoms with Crippen LogP contribution < -0.4 is 10.1 Å². The second-order valence-electron chi connectivity index (χ2n) is 6.48. The van der Waals surface area contributed by atoms with Crippen molar-refractivity contribution in [1.82, 2.24) is 5.32 Å². The van der Waals surface area contributed by atoms with Gasteiger partial charge in [0.1, 0.15) is 5.75 Å². The van der Waals surface area contributed by atoms with E-state index in [4.69, 9.17) is 4.74 Å². The summed E-state index contributed by atoms with van der Waals surface area (Å²) in [6.45, 7) is 6.69. The molecule has 0 atom stereocenters. The zero-order valence-electron chi connectivity index (χ0n) is 11.5. The third-order valence-corrected chi connectivity index (χ3v) is 4.43. The number of fused-ring (bicyclic) bond motifs is 1. The molecule has 1 aliphatic carbocycles. The molecular formula is C16H23NO. The van der Waals surface area contributed by atoms with E-state index >= 15 is 0 Å².